The molecular weight excluding hydrogens is 356 g/mol. The highest BCUT2D eigenvalue weighted by Crippen LogP contribution is 2.33. The van der Waals surface area contributed by atoms with Crippen molar-refractivity contribution in [1.82, 2.24) is 0 Å². The van der Waals surface area contributed by atoms with E-state index in [0.29, 0.717) is 41.2 Å². The summed E-state index contributed by atoms with van der Waals surface area (Å²) in [4.78, 5) is 12.2. The molecule has 0 fully saturated rings. The van der Waals surface area contributed by atoms with Crippen LogP contribution in [0.2, 0.25) is 5.02 Å². The summed E-state index contributed by atoms with van der Waals surface area (Å²) in [7, 11) is 0. The van der Waals surface area contributed by atoms with Crippen LogP contribution in [0.5, 0.6) is 17.2 Å². The van der Waals surface area contributed by atoms with Crippen LogP contribution in [0.25, 0.3) is 0 Å². The number of hydrogen-bond donors (Lipinski definition) is 1. The van der Waals surface area contributed by atoms with Gasteiger partial charge in [0, 0.05) is 12.1 Å². The second kappa shape index (κ2) is 9.54. The molecule has 2 aromatic carbocycles. The molecule has 0 saturated carbocycles. The van der Waals surface area contributed by atoms with Gasteiger partial charge in [-0.25, -0.2) is 0 Å². The third-order valence-corrected chi connectivity index (χ3v) is 3.59. The van der Waals surface area contributed by atoms with E-state index in [1.54, 1.807) is 36.4 Å². The molecule has 0 atom stereocenters. The molecule has 0 heterocycles. The summed E-state index contributed by atoms with van der Waals surface area (Å²) in [5.41, 5.74) is 0.593. The zero-order valence-electron chi connectivity index (χ0n) is 14.5. The number of nitrogens with zero attached hydrogens (tertiary/aromatic N) is 1. The maximum Gasteiger partial charge on any atom is 0.262 e. The maximum absolute atomic E-state index is 12.2. The fraction of sp³-hybridized carbons (Fsp3) is 0.263. The van der Waals surface area contributed by atoms with Gasteiger partial charge in [-0.1, -0.05) is 23.7 Å². The van der Waals surface area contributed by atoms with Crippen molar-refractivity contribution in [2.75, 3.05) is 25.1 Å². The molecule has 136 valence electrons. The van der Waals surface area contributed by atoms with E-state index >= 15 is 0 Å². The van der Waals surface area contributed by atoms with Gasteiger partial charge in [0.05, 0.1) is 29.5 Å². The van der Waals surface area contributed by atoms with Gasteiger partial charge in [0.2, 0.25) is 0 Å². The van der Waals surface area contributed by atoms with Gasteiger partial charge in [0.15, 0.2) is 18.1 Å². The van der Waals surface area contributed by atoms with Crippen LogP contribution in [0.3, 0.4) is 0 Å². The van der Waals surface area contributed by atoms with Crippen LogP contribution in [-0.2, 0) is 4.79 Å². The molecule has 7 heteroatoms. The lowest BCUT2D eigenvalue weighted by Gasteiger charge is -2.15. The first-order valence-electron chi connectivity index (χ1n) is 8.09. The van der Waals surface area contributed by atoms with Gasteiger partial charge in [-0.15, -0.1) is 0 Å². The summed E-state index contributed by atoms with van der Waals surface area (Å²) >= 11 is 5.99. The van der Waals surface area contributed by atoms with Gasteiger partial charge in [0.25, 0.3) is 5.91 Å². The van der Waals surface area contributed by atoms with Gasteiger partial charge in [-0.2, -0.15) is 5.26 Å². The second-order valence-corrected chi connectivity index (χ2v) is 5.50. The fourth-order valence-electron chi connectivity index (χ4n) is 2.18. The van der Waals surface area contributed by atoms with E-state index in [2.05, 4.69) is 5.32 Å². The van der Waals surface area contributed by atoms with Crippen molar-refractivity contribution in [3.05, 3.63) is 47.0 Å². The molecule has 2 rings (SSSR count). The van der Waals surface area contributed by atoms with Crippen molar-refractivity contribution in [2.24, 2.45) is 0 Å². The van der Waals surface area contributed by atoms with E-state index in [-0.39, 0.29) is 12.2 Å². The van der Waals surface area contributed by atoms with Gasteiger partial charge >= 0.3 is 0 Å². The third-order valence-electron chi connectivity index (χ3n) is 3.27. The Hall–Kier alpha value is -2.91. The average molecular weight is 375 g/mol. The van der Waals surface area contributed by atoms with Crippen molar-refractivity contribution in [3.63, 3.8) is 0 Å². The number of hydrogen-bond acceptors (Lipinski definition) is 5. The number of ether oxygens (including phenoxy) is 3. The lowest BCUT2D eigenvalue weighted by molar-refractivity contribution is -0.118. The molecule has 0 aliphatic heterocycles. The molecule has 0 aliphatic carbocycles. The predicted octanol–water partition coefficient (Wildman–Crippen LogP) is 4.03. The molecular formula is C19H19ClN2O4. The summed E-state index contributed by atoms with van der Waals surface area (Å²) in [6.45, 7) is 4.29. The van der Waals surface area contributed by atoms with Crippen LogP contribution in [-0.4, -0.2) is 25.7 Å². The van der Waals surface area contributed by atoms with E-state index < -0.39 is 5.91 Å². The normalized spacial score (nSPS) is 9.92. The molecule has 0 aliphatic rings. The summed E-state index contributed by atoms with van der Waals surface area (Å²) in [5.74, 6) is 0.895. The molecule has 0 unspecified atom stereocenters. The number of carbonyl (C=O) groups excluding carboxylic acids is 1. The molecule has 0 radical (unpaired) electrons. The van der Waals surface area contributed by atoms with Crippen LogP contribution in [0.15, 0.2) is 36.4 Å². The Bertz CT molecular complexity index is 818. The van der Waals surface area contributed by atoms with E-state index in [0.717, 1.165) is 0 Å². The van der Waals surface area contributed by atoms with Gasteiger partial charge < -0.3 is 19.5 Å². The minimum atomic E-state index is -0.423. The number of anilines is 1. The Kier molecular flexibility index (Phi) is 7.12. The van der Waals surface area contributed by atoms with E-state index in [1.165, 1.54) is 0 Å². The summed E-state index contributed by atoms with van der Waals surface area (Å²) in [6, 6.07) is 12.0. The smallest absolute Gasteiger partial charge is 0.262 e. The Morgan fingerprint density at radius 2 is 1.73 bits per heavy atom. The zero-order valence-corrected chi connectivity index (χ0v) is 15.3. The maximum atomic E-state index is 12.2. The van der Waals surface area contributed by atoms with Crippen LogP contribution in [0.4, 0.5) is 5.69 Å². The van der Waals surface area contributed by atoms with E-state index in [4.69, 9.17) is 25.8 Å². The lowest BCUT2D eigenvalue weighted by atomic mass is 10.1. The SMILES string of the molecule is CCOc1cc(C#N)c(NC(=O)COc2ccccc2Cl)cc1OCC. The molecule has 2 aromatic rings. The molecule has 0 bridgehead atoms. The largest absolute Gasteiger partial charge is 0.490 e. The summed E-state index contributed by atoms with van der Waals surface area (Å²) in [6.07, 6.45) is 0. The highest BCUT2D eigenvalue weighted by atomic mass is 35.5. The number of carbonyl (C=O) groups is 1. The van der Waals surface area contributed by atoms with Crippen LogP contribution < -0.4 is 19.5 Å². The van der Waals surface area contributed by atoms with Gasteiger partial charge in [-0.3, -0.25) is 4.79 Å². The van der Waals surface area contributed by atoms with Crippen molar-refractivity contribution >= 4 is 23.2 Å². The first-order valence-corrected chi connectivity index (χ1v) is 8.47. The topological polar surface area (TPSA) is 80.6 Å². The molecule has 1 amide bonds. The van der Waals surface area contributed by atoms with Gasteiger partial charge in [0.1, 0.15) is 11.8 Å². The van der Waals surface area contributed by atoms with Crippen LogP contribution in [0.1, 0.15) is 19.4 Å². The Morgan fingerprint density at radius 1 is 1.08 bits per heavy atom. The number of halogens is 1. The minimum absolute atomic E-state index is 0.244. The fourth-order valence-corrected chi connectivity index (χ4v) is 2.37. The third kappa shape index (κ3) is 5.04. The van der Waals surface area contributed by atoms with Crippen molar-refractivity contribution in [1.29, 1.82) is 5.26 Å². The van der Waals surface area contributed by atoms with E-state index in [9.17, 15) is 10.1 Å². The van der Waals surface area contributed by atoms with Crippen molar-refractivity contribution in [2.45, 2.75) is 13.8 Å². The van der Waals surface area contributed by atoms with Crippen molar-refractivity contribution < 1.29 is 19.0 Å². The molecule has 0 saturated heterocycles. The first kappa shape index (κ1) is 19.4. The number of amides is 1. The number of nitriles is 1. The molecule has 0 spiro atoms. The van der Waals surface area contributed by atoms with Crippen LogP contribution >= 0.6 is 11.6 Å². The molecule has 0 aromatic heterocycles. The number of para-hydroxylation sites is 1. The number of benzene rings is 2. The second-order valence-electron chi connectivity index (χ2n) is 5.09. The molecule has 6 nitrogen and oxygen atoms in total. The van der Waals surface area contributed by atoms with E-state index in [1.807, 2.05) is 19.9 Å². The zero-order chi connectivity index (χ0) is 18.9. The molecule has 26 heavy (non-hydrogen) atoms. The summed E-state index contributed by atoms with van der Waals surface area (Å²) in [5, 5.41) is 12.4. The number of rotatable bonds is 8. The quantitative estimate of drug-likeness (QED) is 0.754. The Balaban J connectivity index is 2.14. The summed E-state index contributed by atoms with van der Waals surface area (Å²) < 4.78 is 16.4. The average Bonchev–Trinajstić information content (AvgIpc) is 2.63. The standard InChI is InChI=1S/C19H19ClN2O4/c1-3-24-17-9-13(11-21)15(10-18(17)25-4-2)22-19(23)12-26-16-8-6-5-7-14(16)20/h5-10H,3-4,12H2,1-2H3,(H,22,23). The Morgan fingerprint density at radius 3 is 2.35 bits per heavy atom. The first-order chi connectivity index (χ1) is 12.6. The Labute approximate surface area is 157 Å². The number of nitrogens with one attached hydrogen (secondary N) is 1. The van der Waals surface area contributed by atoms with Gasteiger partial charge in [-0.05, 0) is 26.0 Å². The van der Waals surface area contributed by atoms with Crippen LogP contribution in [0, 0.1) is 11.3 Å². The highest BCUT2D eigenvalue weighted by Gasteiger charge is 2.15. The predicted molar refractivity (Wildman–Crippen MR) is 99.1 cm³/mol. The monoisotopic (exact) mass is 374 g/mol. The molecule has 1 N–H and O–H groups in total. The van der Waals surface area contributed by atoms with Crippen molar-refractivity contribution in [3.8, 4) is 23.3 Å². The highest BCUT2D eigenvalue weighted by molar-refractivity contribution is 6.32. The minimum Gasteiger partial charge on any atom is -0.490 e. The lowest BCUT2D eigenvalue weighted by Crippen LogP contribution is -2.21.